The first-order chi connectivity index (χ1) is 41.2. The zero-order chi connectivity index (χ0) is 62.9. The number of hydrogen-bond donors (Lipinski definition) is 2. The summed E-state index contributed by atoms with van der Waals surface area (Å²) in [5, 5.41) is 24.0. The summed E-state index contributed by atoms with van der Waals surface area (Å²) in [7, 11) is -7.27. The van der Waals surface area contributed by atoms with Gasteiger partial charge in [-0.25, -0.2) is 21.6 Å². The van der Waals surface area contributed by atoms with Gasteiger partial charge in [-0.1, -0.05) is 81.2 Å². The molecule has 32 nitrogen and oxygen atoms in total. The molecule has 1 fully saturated rings. The van der Waals surface area contributed by atoms with Crippen molar-refractivity contribution in [3.8, 4) is 6.07 Å². The highest BCUT2D eigenvalue weighted by Crippen LogP contribution is 2.22. The molecule has 85 heavy (non-hydrogen) atoms. The van der Waals surface area contributed by atoms with Gasteiger partial charge in [0.1, 0.15) is 6.10 Å². The van der Waals surface area contributed by atoms with E-state index in [1.165, 1.54) is 19.1 Å². The minimum Gasteiger partial charge on any atom is -0.428 e. The Balaban J connectivity index is 0.00000131. The lowest BCUT2D eigenvalue weighted by Crippen LogP contribution is -2.35. The van der Waals surface area contributed by atoms with Crippen molar-refractivity contribution in [3.63, 3.8) is 0 Å². The summed E-state index contributed by atoms with van der Waals surface area (Å²) in [5.41, 5.74) is 38.0. The Morgan fingerprint density at radius 2 is 1.00 bits per heavy atom. The smallest absolute Gasteiger partial charge is 0.428 e. The predicted molar refractivity (Wildman–Crippen MR) is 309 cm³/mol. The molecule has 0 saturated carbocycles. The van der Waals surface area contributed by atoms with Crippen LogP contribution in [0.5, 0.6) is 0 Å². The summed E-state index contributed by atoms with van der Waals surface area (Å²) in [4.78, 5) is 63.2. The molecule has 0 radical (unpaired) electrons. The van der Waals surface area contributed by atoms with Gasteiger partial charge in [-0.2, -0.15) is 5.26 Å². The summed E-state index contributed by atoms with van der Waals surface area (Å²) in [5.74, 6) is -2.46. The van der Waals surface area contributed by atoms with Crippen LogP contribution in [0, 0.1) is 17.2 Å². The van der Waals surface area contributed by atoms with Crippen LogP contribution in [-0.4, -0.2) is 182 Å². The van der Waals surface area contributed by atoms with Gasteiger partial charge in [0.25, 0.3) is 11.8 Å². The van der Waals surface area contributed by atoms with E-state index >= 15 is 0 Å². The molecule has 0 aliphatic carbocycles. The summed E-state index contributed by atoms with van der Waals surface area (Å²) in [6.07, 6.45) is 2.38. The summed E-state index contributed by atoms with van der Waals surface area (Å²) in [6.45, 7) is 8.92. The van der Waals surface area contributed by atoms with E-state index in [0.717, 1.165) is 19.3 Å². The number of azide groups is 4. The fourth-order valence-corrected chi connectivity index (χ4v) is 10.1. The van der Waals surface area contributed by atoms with Crippen LogP contribution < -0.4 is 11.1 Å². The van der Waals surface area contributed by atoms with Gasteiger partial charge in [0, 0.05) is 85.1 Å². The van der Waals surface area contributed by atoms with Crippen molar-refractivity contribution in [1.82, 2.24) is 10.4 Å². The number of nitrogens with zero attached hydrogens (tertiary/aromatic N) is 14. The van der Waals surface area contributed by atoms with Crippen LogP contribution in [0.15, 0.2) is 90.9 Å². The first-order valence-electron chi connectivity index (χ1n) is 27.2. The summed E-state index contributed by atoms with van der Waals surface area (Å²) >= 11 is 0. The van der Waals surface area contributed by atoms with Crippen LogP contribution in [0.4, 0.5) is 4.79 Å². The number of rotatable bonds is 45. The summed E-state index contributed by atoms with van der Waals surface area (Å²) in [6, 6.07) is 17.7. The number of carbonyl (C=O) groups excluding carboxylic acids is 4. The molecule has 2 atom stereocenters. The fraction of sp³-hybridized carbons (Fsp3) is 0.667. The van der Waals surface area contributed by atoms with E-state index < -0.39 is 49.5 Å². The van der Waals surface area contributed by atoms with E-state index in [9.17, 15) is 36.0 Å². The van der Waals surface area contributed by atoms with Gasteiger partial charge in [0.05, 0.1) is 107 Å². The highest BCUT2D eigenvalue weighted by molar-refractivity contribution is 7.91. The Morgan fingerprint density at radius 1 is 0.600 bits per heavy atom. The average molecular weight is 1240 g/mol. The molecule has 3 amide bonds. The van der Waals surface area contributed by atoms with Crippen LogP contribution in [0.1, 0.15) is 77.6 Å². The number of nitrogens with two attached hydrogens (primary N) is 1. The van der Waals surface area contributed by atoms with Gasteiger partial charge >= 0.3 is 6.16 Å². The van der Waals surface area contributed by atoms with Crippen molar-refractivity contribution in [3.05, 3.63) is 102 Å². The number of hydroxylamine groups is 2. The second kappa shape index (κ2) is 53.4. The standard InChI is InChI=1S/C23H37N7O6S.C18H22N4O7S.C8H18N4O3.C2H3N/c24-29-27-10-6-2-3-7-21(20-37(32,33)22-8-4-1-5-9-22)19-23(31)26-11-13-34-15-17-36-18-16-35-14-12-28-30-25;19-21-20-12-6-2-3-7-14(13-30(26,27)15-8-4-1-5-9-15)28-18(25)29-22-16(23)10-11-17(22)24;9-1-3-13-5-7-15-8-6-14-4-2-11-12-10;1-2-3/h1,4-5,8-9,21H,2-3,6-7,10-20H2,(H,26,31);1,4-5,8-9,14H,2-3,6-7,10-13H2;1-9H2;1H3. The second-order valence-corrected chi connectivity index (χ2v) is 21.5. The molecule has 34 heteroatoms. The lowest BCUT2D eigenvalue weighted by Gasteiger charge is -2.19. The lowest BCUT2D eigenvalue weighted by molar-refractivity contribution is -0.178. The molecule has 3 rings (SSSR count). The van der Waals surface area contributed by atoms with Crippen molar-refractivity contribution in [2.45, 2.75) is 93.4 Å². The Labute approximate surface area is 495 Å². The summed E-state index contributed by atoms with van der Waals surface area (Å²) < 4.78 is 87.5. The first-order valence-corrected chi connectivity index (χ1v) is 30.5. The lowest BCUT2D eigenvalue weighted by atomic mass is 9.99. The van der Waals surface area contributed by atoms with Crippen molar-refractivity contribution in [2.24, 2.45) is 32.1 Å². The van der Waals surface area contributed by atoms with Crippen LogP contribution in [-0.2, 0) is 72.1 Å². The highest BCUT2D eigenvalue weighted by atomic mass is 32.2. The maximum absolute atomic E-state index is 12.8. The van der Waals surface area contributed by atoms with Crippen molar-refractivity contribution >= 4 is 43.6 Å². The maximum atomic E-state index is 12.8. The number of nitrogens with one attached hydrogen (secondary N) is 1. The van der Waals surface area contributed by atoms with Crippen molar-refractivity contribution < 1.29 is 74.0 Å². The number of unbranched alkanes of at least 4 members (excludes halogenated alkanes) is 4. The molecule has 3 N–H and O–H groups in total. The van der Waals surface area contributed by atoms with Crippen molar-refractivity contribution in [2.75, 3.05) is 130 Å². The zero-order valence-electron chi connectivity index (χ0n) is 48.0. The van der Waals surface area contributed by atoms with E-state index in [1.807, 2.05) is 0 Å². The van der Waals surface area contributed by atoms with Gasteiger partial charge < -0.3 is 44.2 Å². The largest absolute Gasteiger partial charge is 0.534 e. The van der Waals surface area contributed by atoms with Crippen LogP contribution in [0.3, 0.4) is 0 Å². The van der Waals surface area contributed by atoms with Crippen LogP contribution in [0.25, 0.3) is 41.8 Å². The number of imide groups is 1. The molecule has 2 aromatic carbocycles. The second-order valence-electron chi connectivity index (χ2n) is 17.5. The molecule has 0 spiro atoms. The topological polar surface area (TPSA) is 471 Å². The van der Waals surface area contributed by atoms with Gasteiger partial charge in [0.15, 0.2) is 19.7 Å². The number of sulfone groups is 2. The quantitative estimate of drug-likeness (QED) is 0.0161. The molecular weight excluding hydrogens is 1160 g/mol. The molecule has 472 valence electrons. The number of hydrogen-bond acceptors (Lipinski definition) is 22. The Kier molecular flexibility index (Phi) is 48.8. The number of amides is 3. The molecule has 1 aliphatic rings. The highest BCUT2D eigenvalue weighted by Gasteiger charge is 2.35. The van der Waals surface area contributed by atoms with Gasteiger partial charge in [-0.3, -0.25) is 19.2 Å². The fourth-order valence-electron chi connectivity index (χ4n) is 6.99. The first kappa shape index (κ1) is 77.7. The molecule has 1 saturated heterocycles. The monoisotopic (exact) mass is 1240 g/mol. The van der Waals surface area contributed by atoms with Gasteiger partial charge in [0.2, 0.25) is 5.91 Å². The minimum atomic E-state index is -3.75. The minimum absolute atomic E-state index is 0.0664. The Bertz CT molecular complexity index is 2610. The van der Waals surface area contributed by atoms with Gasteiger partial charge in [-0.05, 0) is 84.4 Å². The van der Waals surface area contributed by atoms with E-state index in [2.05, 4.69) is 50.3 Å². The zero-order valence-corrected chi connectivity index (χ0v) is 49.7. The number of benzene rings is 2. The molecule has 1 heterocycles. The SMILES string of the molecule is CC#N.[N-]=[N+]=NCCCCCC(CC(=O)NCCOCCOCCOCCN=[N+]=[N-])CS(=O)(=O)c1ccccc1.[N-]=[N+]=NCCCCCC(CS(=O)(=O)c1ccccc1)OC(=O)ON1C(=O)CCC1=O.[N-]=[N+]=NCCOCCOCCOCCN. The molecule has 0 aromatic heterocycles. The third-order valence-corrected chi connectivity index (χ3v) is 14.6. The third kappa shape index (κ3) is 43.9. The van der Waals surface area contributed by atoms with Gasteiger partial charge in [-0.15, -0.1) is 0 Å². The predicted octanol–water partition coefficient (Wildman–Crippen LogP) is 7.57. The average Bonchev–Trinajstić information content (AvgIpc) is 4.05. The molecular formula is C51H80N16O16S2. The number of ether oxygens (including phenoxy) is 7. The van der Waals surface area contributed by atoms with E-state index in [1.54, 1.807) is 54.6 Å². The van der Waals surface area contributed by atoms with E-state index in [0.29, 0.717) is 143 Å². The van der Waals surface area contributed by atoms with Crippen LogP contribution >= 0.6 is 0 Å². The third-order valence-electron chi connectivity index (χ3n) is 10.9. The molecule has 2 aromatic rings. The Morgan fingerprint density at radius 3 is 1.45 bits per heavy atom. The number of carbonyl (C=O) groups is 4. The van der Waals surface area contributed by atoms with E-state index in [-0.39, 0.29) is 59.6 Å². The maximum Gasteiger partial charge on any atom is 0.534 e. The van der Waals surface area contributed by atoms with Crippen molar-refractivity contribution in [1.29, 1.82) is 5.26 Å². The normalized spacial score (nSPS) is 12.2. The molecule has 1 aliphatic heterocycles. The van der Waals surface area contributed by atoms with Crippen LogP contribution in [0.2, 0.25) is 0 Å². The van der Waals surface area contributed by atoms with E-state index in [4.69, 9.17) is 66.3 Å². The number of nitriles is 1. The molecule has 2 unspecified atom stereocenters. The Hall–Kier alpha value is -7.33. The molecule has 0 bridgehead atoms.